The van der Waals surface area contributed by atoms with Crippen LogP contribution in [-0.2, 0) is 21.0 Å². The molecule has 2 saturated heterocycles. The molecule has 1 aromatic heterocycles. The number of hydrogen-bond donors (Lipinski definition) is 0. The van der Waals surface area contributed by atoms with Crippen LogP contribution in [0.2, 0.25) is 0 Å². The van der Waals surface area contributed by atoms with Gasteiger partial charge in [0.05, 0.1) is 0 Å². The lowest BCUT2D eigenvalue weighted by molar-refractivity contribution is -0.174. The number of aryl methyl sites for hydroxylation is 1. The Balaban J connectivity index is 1.33. The zero-order chi connectivity index (χ0) is 22.0. The molecular formula is C22H23FN4O4. The number of carbonyl (C=O) groups is 3. The predicted octanol–water partition coefficient (Wildman–Crippen LogP) is 2.51. The molecule has 0 radical (unpaired) electrons. The molecule has 2 aliphatic heterocycles. The summed E-state index contributed by atoms with van der Waals surface area (Å²) < 4.78 is 14.7. The summed E-state index contributed by atoms with van der Waals surface area (Å²) in [5.74, 6) is -1.28. The molecule has 2 aromatic rings. The van der Waals surface area contributed by atoms with E-state index in [1.807, 2.05) is 24.0 Å². The Kier molecular flexibility index (Phi) is 5.94. The van der Waals surface area contributed by atoms with Gasteiger partial charge in [0.25, 0.3) is 11.8 Å². The van der Waals surface area contributed by atoms with Crippen molar-refractivity contribution in [3.63, 3.8) is 0 Å². The highest BCUT2D eigenvalue weighted by molar-refractivity contribution is 6.01. The van der Waals surface area contributed by atoms with E-state index in [2.05, 4.69) is 4.98 Å². The molecule has 0 N–H and O–H groups in total. The molecule has 2 fully saturated rings. The molecule has 0 bridgehead atoms. The summed E-state index contributed by atoms with van der Waals surface area (Å²) in [6, 6.07) is 7.09. The quantitative estimate of drug-likeness (QED) is 0.699. The average molecular weight is 426 g/mol. The van der Waals surface area contributed by atoms with Crippen molar-refractivity contribution in [2.24, 2.45) is 0 Å². The van der Waals surface area contributed by atoms with E-state index in [9.17, 15) is 18.8 Å². The van der Waals surface area contributed by atoms with Gasteiger partial charge in [-0.05, 0) is 35.7 Å². The van der Waals surface area contributed by atoms with Crippen molar-refractivity contribution in [1.29, 1.82) is 0 Å². The van der Waals surface area contributed by atoms with Crippen LogP contribution in [0.3, 0.4) is 0 Å². The summed E-state index contributed by atoms with van der Waals surface area (Å²) in [4.78, 5) is 47.9. The Bertz CT molecular complexity index is 1000. The topological polar surface area (TPSA) is 83.1 Å². The first-order valence-corrected chi connectivity index (χ1v) is 10.2. The van der Waals surface area contributed by atoms with Crippen LogP contribution < -0.4 is 0 Å². The number of imide groups is 1. The number of carbonyl (C=O) groups excluding carboxylic acids is 3. The number of halogens is 1. The second-order valence-electron chi connectivity index (χ2n) is 7.70. The van der Waals surface area contributed by atoms with Gasteiger partial charge < -0.3 is 9.74 Å². The van der Waals surface area contributed by atoms with Crippen molar-refractivity contribution in [3.8, 4) is 11.1 Å². The smallest absolute Gasteiger partial charge is 0.311 e. The molecule has 4 rings (SSSR count). The van der Waals surface area contributed by atoms with Gasteiger partial charge in [-0.25, -0.2) is 9.18 Å². The normalized spacial score (nSPS) is 17.4. The lowest BCUT2D eigenvalue weighted by Crippen LogP contribution is -2.50. The van der Waals surface area contributed by atoms with Crippen LogP contribution in [0.1, 0.15) is 24.0 Å². The summed E-state index contributed by atoms with van der Waals surface area (Å²) in [5, 5.41) is 0.552. The van der Waals surface area contributed by atoms with Gasteiger partial charge in [-0.1, -0.05) is 12.1 Å². The number of benzene rings is 1. The standard InChI is InChI=1S/C22H23FN4O4/c1-15-13-24-7-6-18(15)16-2-3-17(19(23)12-16)14-25-8-10-26(11-9-25)22(30)31-27-20(28)4-5-21(27)29/h2-3,6-7,12-13H,4-5,8-11,14H2,1H3. The van der Waals surface area contributed by atoms with E-state index in [0.29, 0.717) is 43.4 Å². The molecule has 0 atom stereocenters. The first-order chi connectivity index (χ1) is 14.9. The molecule has 1 aromatic carbocycles. The summed E-state index contributed by atoms with van der Waals surface area (Å²) in [6.45, 7) is 4.15. The van der Waals surface area contributed by atoms with E-state index in [-0.39, 0.29) is 18.7 Å². The van der Waals surface area contributed by atoms with Crippen molar-refractivity contribution in [1.82, 2.24) is 19.8 Å². The second kappa shape index (κ2) is 8.81. The van der Waals surface area contributed by atoms with Crippen LogP contribution in [0.4, 0.5) is 9.18 Å². The molecule has 162 valence electrons. The van der Waals surface area contributed by atoms with E-state index < -0.39 is 17.9 Å². The van der Waals surface area contributed by atoms with Crippen LogP contribution >= 0.6 is 0 Å². The maximum atomic E-state index is 14.7. The maximum absolute atomic E-state index is 14.7. The van der Waals surface area contributed by atoms with Crippen LogP contribution in [0.5, 0.6) is 0 Å². The van der Waals surface area contributed by atoms with Gasteiger partial charge in [0.15, 0.2) is 0 Å². The highest BCUT2D eigenvalue weighted by Gasteiger charge is 2.34. The van der Waals surface area contributed by atoms with E-state index in [4.69, 9.17) is 4.84 Å². The van der Waals surface area contributed by atoms with E-state index in [1.165, 1.54) is 11.0 Å². The average Bonchev–Trinajstić information content (AvgIpc) is 3.08. The minimum Gasteiger partial charge on any atom is -0.311 e. The zero-order valence-corrected chi connectivity index (χ0v) is 17.2. The van der Waals surface area contributed by atoms with Gasteiger partial charge in [0, 0.05) is 63.5 Å². The summed E-state index contributed by atoms with van der Waals surface area (Å²) >= 11 is 0. The fourth-order valence-electron chi connectivity index (χ4n) is 3.76. The Labute approximate surface area is 179 Å². The molecule has 3 heterocycles. The van der Waals surface area contributed by atoms with Crippen molar-refractivity contribution < 1.29 is 23.6 Å². The third-order valence-electron chi connectivity index (χ3n) is 5.58. The molecule has 0 aliphatic carbocycles. The number of hydroxylamine groups is 2. The monoisotopic (exact) mass is 426 g/mol. The Morgan fingerprint density at radius 2 is 1.81 bits per heavy atom. The van der Waals surface area contributed by atoms with Gasteiger partial charge in [0.1, 0.15) is 5.82 Å². The van der Waals surface area contributed by atoms with Gasteiger partial charge in [-0.15, -0.1) is 5.06 Å². The molecule has 8 nitrogen and oxygen atoms in total. The van der Waals surface area contributed by atoms with Gasteiger partial charge in [-0.3, -0.25) is 19.5 Å². The first-order valence-electron chi connectivity index (χ1n) is 10.2. The number of rotatable bonds is 4. The molecule has 0 spiro atoms. The summed E-state index contributed by atoms with van der Waals surface area (Å²) in [6.07, 6.45) is 2.84. The molecule has 3 amide bonds. The van der Waals surface area contributed by atoms with E-state index in [0.717, 1.165) is 16.7 Å². The number of amides is 3. The van der Waals surface area contributed by atoms with Gasteiger partial charge >= 0.3 is 6.09 Å². The van der Waals surface area contributed by atoms with E-state index in [1.54, 1.807) is 18.5 Å². The zero-order valence-electron chi connectivity index (χ0n) is 17.2. The summed E-state index contributed by atoms with van der Waals surface area (Å²) in [7, 11) is 0. The Morgan fingerprint density at radius 1 is 1.10 bits per heavy atom. The summed E-state index contributed by atoms with van der Waals surface area (Å²) in [5.41, 5.74) is 3.32. The van der Waals surface area contributed by atoms with Crippen LogP contribution in [0, 0.1) is 12.7 Å². The van der Waals surface area contributed by atoms with Crippen molar-refractivity contribution in [3.05, 3.63) is 53.6 Å². The fraction of sp³-hybridized carbons (Fsp3) is 0.364. The second-order valence-corrected chi connectivity index (χ2v) is 7.70. The highest BCUT2D eigenvalue weighted by Crippen LogP contribution is 2.25. The van der Waals surface area contributed by atoms with Crippen LogP contribution in [-0.4, -0.2) is 63.9 Å². The van der Waals surface area contributed by atoms with Gasteiger partial charge in [0.2, 0.25) is 0 Å². The van der Waals surface area contributed by atoms with Crippen LogP contribution in [0.15, 0.2) is 36.7 Å². The lowest BCUT2D eigenvalue weighted by atomic mass is 10.0. The highest BCUT2D eigenvalue weighted by atomic mass is 19.1. The fourth-order valence-corrected chi connectivity index (χ4v) is 3.76. The lowest BCUT2D eigenvalue weighted by Gasteiger charge is -2.34. The molecule has 9 heteroatoms. The number of pyridine rings is 1. The SMILES string of the molecule is Cc1cnccc1-c1ccc(CN2CCN(C(=O)ON3C(=O)CCC3=O)CC2)c(F)c1. The van der Waals surface area contributed by atoms with Crippen LogP contribution in [0.25, 0.3) is 11.1 Å². The number of nitrogens with zero attached hydrogens (tertiary/aromatic N) is 4. The minimum absolute atomic E-state index is 0.0605. The van der Waals surface area contributed by atoms with Crippen molar-refractivity contribution in [2.45, 2.75) is 26.3 Å². The minimum atomic E-state index is -0.716. The largest absolute Gasteiger partial charge is 0.434 e. The third-order valence-corrected chi connectivity index (χ3v) is 5.58. The molecule has 0 unspecified atom stereocenters. The molecular weight excluding hydrogens is 403 g/mol. The van der Waals surface area contributed by atoms with Crippen molar-refractivity contribution >= 4 is 17.9 Å². The molecule has 0 saturated carbocycles. The predicted molar refractivity (Wildman–Crippen MR) is 109 cm³/mol. The third kappa shape index (κ3) is 4.56. The number of aromatic nitrogens is 1. The number of hydrogen-bond acceptors (Lipinski definition) is 6. The van der Waals surface area contributed by atoms with E-state index >= 15 is 0 Å². The number of piperazine rings is 1. The Hall–Kier alpha value is -3.33. The Morgan fingerprint density at radius 3 is 2.45 bits per heavy atom. The van der Waals surface area contributed by atoms with Gasteiger partial charge in [-0.2, -0.15) is 0 Å². The van der Waals surface area contributed by atoms with Crippen molar-refractivity contribution in [2.75, 3.05) is 26.2 Å². The maximum Gasteiger partial charge on any atom is 0.434 e. The first kappa shape index (κ1) is 20.9. The molecule has 2 aliphatic rings. The molecule has 31 heavy (non-hydrogen) atoms.